The van der Waals surface area contributed by atoms with Crippen LogP contribution in [0.4, 0.5) is 0 Å². The molecule has 1 N–H and O–H groups in total. The topological polar surface area (TPSA) is 41.3 Å². The molecular weight excluding hydrogens is 338 g/mol. The molecule has 1 aliphatic rings. The Bertz CT molecular complexity index is 564. The summed E-state index contributed by atoms with van der Waals surface area (Å²) in [6.07, 6.45) is 2.59. The number of hydrogen-bond acceptors (Lipinski definition) is 5. The van der Waals surface area contributed by atoms with Crippen LogP contribution in [-0.2, 0) is 19.6 Å². The molecule has 0 unspecified atom stereocenters. The molecule has 0 bridgehead atoms. The number of aromatic nitrogens is 1. The first-order chi connectivity index (χ1) is 9.69. The largest absolute Gasteiger partial charge is 0.360 e. The molecule has 4 nitrogen and oxygen atoms in total. The lowest BCUT2D eigenvalue weighted by Crippen LogP contribution is -2.16. The van der Waals surface area contributed by atoms with Crippen molar-refractivity contribution in [2.75, 3.05) is 7.05 Å². The Hall–Kier alpha value is -0.690. The fraction of sp³-hybridized carbons (Fsp3) is 0.500. The van der Waals surface area contributed by atoms with Crippen molar-refractivity contribution in [2.24, 2.45) is 0 Å². The molecule has 3 rings (SSSR count). The van der Waals surface area contributed by atoms with Crippen molar-refractivity contribution >= 4 is 27.3 Å². The van der Waals surface area contributed by atoms with E-state index in [2.05, 4.69) is 55.9 Å². The fourth-order valence-corrected chi connectivity index (χ4v) is 3.31. The van der Waals surface area contributed by atoms with Gasteiger partial charge in [0.05, 0.1) is 16.0 Å². The van der Waals surface area contributed by atoms with E-state index in [0.29, 0.717) is 6.04 Å². The first-order valence-corrected chi connectivity index (χ1v) is 8.45. The molecule has 2 aromatic heterocycles. The smallest absolute Gasteiger partial charge is 0.151 e. The minimum Gasteiger partial charge on any atom is -0.360 e. The zero-order valence-electron chi connectivity index (χ0n) is 11.4. The zero-order chi connectivity index (χ0) is 13.9. The van der Waals surface area contributed by atoms with E-state index in [1.54, 1.807) is 11.3 Å². The number of hydrogen-bond donors (Lipinski definition) is 1. The minimum absolute atomic E-state index is 0.704. The van der Waals surface area contributed by atoms with Crippen molar-refractivity contribution in [3.63, 3.8) is 0 Å². The van der Waals surface area contributed by atoms with Crippen molar-refractivity contribution in [3.8, 4) is 0 Å². The number of nitrogens with zero attached hydrogens (tertiary/aromatic N) is 2. The Morgan fingerprint density at radius 2 is 2.30 bits per heavy atom. The summed E-state index contributed by atoms with van der Waals surface area (Å²) in [7, 11) is 2.09. The number of halogens is 1. The van der Waals surface area contributed by atoms with E-state index in [1.807, 2.05) is 0 Å². The Morgan fingerprint density at radius 3 is 3.00 bits per heavy atom. The third-order valence-corrected chi connectivity index (χ3v) is 4.81. The molecule has 1 saturated carbocycles. The van der Waals surface area contributed by atoms with E-state index >= 15 is 0 Å². The average Bonchev–Trinajstić information content (AvgIpc) is 3.00. The van der Waals surface area contributed by atoms with Crippen molar-refractivity contribution in [2.45, 2.75) is 38.5 Å². The summed E-state index contributed by atoms with van der Waals surface area (Å²) in [4.78, 5) is 2.23. The Labute approximate surface area is 131 Å². The summed E-state index contributed by atoms with van der Waals surface area (Å²) in [5, 5.41) is 9.73. The molecule has 1 fully saturated rings. The summed E-state index contributed by atoms with van der Waals surface area (Å²) in [5.41, 5.74) is 2.32. The van der Waals surface area contributed by atoms with Gasteiger partial charge in [-0.25, -0.2) is 0 Å². The summed E-state index contributed by atoms with van der Waals surface area (Å²) in [6, 6.07) is 4.91. The molecule has 20 heavy (non-hydrogen) atoms. The highest BCUT2D eigenvalue weighted by Gasteiger charge is 2.20. The summed E-state index contributed by atoms with van der Waals surface area (Å²) in [6.45, 7) is 2.51. The SMILES string of the molecule is CN(Cc1csc(Br)c1)Cc1cc(CNC2CC2)no1. The highest BCUT2D eigenvalue weighted by Crippen LogP contribution is 2.22. The third-order valence-electron chi connectivity index (χ3n) is 3.26. The molecular formula is C14H18BrN3OS. The molecule has 0 spiro atoms. The molecule has 0 saturated heterocycles. The number of thiophene rings is 1. The first kappa shape index (κ1) is 14.3. The second-order valence-electron chi connectivity index (χ2n) is 5.37. The maximum atomic E-state index is 5.39. The lowest BCUT2D eigenvalue weighted by molar-refractivity contribution is 0.265. The van der Waals surface area contributed by atoms with E-state index < -0.39 is 0 Å². The quantitative estimate of drug-likeness (QED) is 0.826. The average molecular weight is 356 g/mol. The molecule has 0 aliphatic heterocycles. The minimum atomic E-state index is 0.704. The van der Waals surface area contributed by atoms with Gasteiger partial charge in [0.1, 0.15) is 0 Å². The van der Waals surface area contributed by atoms with Gasteiger partial charge in [0.25, 0.3) is 0 Å². The second-order valence-corrected chi connectivity index (χ2v) is 7.66. The van der Waals surface area contributed by atoms with Gasteiger partial charge in [-0.3, -0.25) is 4.90 Å². The highest BCUT2D eigenvalue weighted by molar-refractivity contribution is 9.11. The molecule has 2 heterocycles. The van der Waals surface area contributed by atoms with Crippen molar-refractivity contribution in [3.05, 3.63) is 38.3 Å². The van der Waals surface area contributed by atoms with E-state index in [0.717, 1.165) is 31.1 Å². The van der Waals surface area contributed by atoms with E-state index in [4.69, 9.17) is 4.52 Å². The summed E-state index contributed by atoms with van der Waals surface area (Å²) >= 11 is 5.21. The van der Waals surface area contributed by atoms with Gasteiger partial charge in [0.15, 0.2) is 5.76 Å². The molecule has 1 aliphatic carbocycles. The molecule has 0 radical (unpaired) electrons. The monoisotopic (exact) mass is 355 g/mol. The van der Waals surface area contributed by atoms with Crippen LogP contribution >= 0.6 is 27.3 Å². The molecule has 0 amide bonds. The highest BCUT2D eigenvalue weighted by atomic mass is 79.9. The van der Waals surface area contributed by atoms with Gasteiger partial charge in [-0.1, -0.05) is 5.16 Å². The van der Waals surface area contributed by atoms with Crippen LogP contribution in [0.1, 0.15) is 29.9 Å². The van der Waals surface area contributed by atoms with E-state index in [-0.39, 0.29) is 0 Å². The molecule has 0 atom stereocenters. The van der Waals surface area contributed by atoms with Gasteiger partial charge in [0, 0.05) is 25.2 Å². The van der Waals surface area contributed by atoms with Crippen LogP contribution in [0.15, 0.2) is 25.8 Å². The first-order valence-electron chi connectivity index (χ1n) is 6.78. The number of rotatable bonds is 7. The zero-order valence-corrected chi connectivity index (χ0v) is 13.8. The summed E-state index contributed by atoms with van der Waals surface area (Å²) in [5.74, 6) is 0.925. The lowest BCUT2D eigenvalue weighted by Gasteiger charge is -2.13. The normalized spacial score (nSPS) is 15.2. The van der Waals surface area contributed by atoms with Gasteiger partial charge in [0.2, 0.25) is 0 Å². The molecule has 108 valence electrons. The van der Waals surface area contributed by atoms with Crippen molar-refractivity contribution in [1.29, 1.82) is 0 Å². The Balaban J connectivity index is 1.48. The van der Waals surface area contributed by atoms with Gasteiger partial charge in [-0.05, 0) is 52.8 Å². The van der Waals surface area contributed by atoms with Gasteiger partial charge in [-0.2, -0.15) is 0 Å². The predicted octanol–water partition coefficient (Wildman–Crippen LogP) is 3.38. The molecule has 0 aromatic carbocycles. The second kappa shape index (κ2) is 6.39. The maximum Gasteiger partial charge on any atom is 0.151 e. The Morgan fingerprint density at radius 1 is 1.45 bits per heavy atom. The van der Waals surface area contributed by atoms with Crippen LogP contribution in [0.5, 0.6) is 0 Å². The van der Waals surface area contributed by atoms with Crippen molar-refractivity contribution in [1.82, 2.24) is 15.4 Å². The van der Waals surface area contributed by atoms with Crippen LogP contribution in [-0.4, -0.2) is 23.1 Å². The van der Waals surface area contributed by atoms with Crippen LogP contribution < -0.4 is 5.32 Å². The van der Waals surface area contributed by atoms with Crippen molar-refractivity contribution < 1.29 is 4.52 Å². The van der Waals surface area contributed by atoms with Crippen LogP contribution in [0.25, 0.3) is 0 Å². The maximum absolute atomic E-state index is 5.39. The Kier molecular flexibility index (Phi) is 4.55. The van der Waals surface area contributed by atoms with Gasteiger partial charge in [-0.15, -0.1) is 11.3 Å². The predicted molar refractivity (Wildman–Crippen MR) is 83.6 cm³/mol. The van der Waals surface area contributed by atoms with Crippen LogP contribution in [0.3, 0.4) is 0 Å². The van der Waals surface area contributed by atoms with E-state index in [9.17, 15) is 0 Å². The van der Waals surface area contributed by atoms with Gasteiger partial charge < -0.3 is 9.84 Å². The third kappa shape index (κ3) is 4.15. The number of nitrogens with one attached hydrogen (secondary N) is 1. The summed E-state index contributed by atoms with van der Waals surface area (Å²) < 4.78 is 6.57. The molecule has 2 aromatic rings. The fourth-order valence-electron chi connectivity index (χ4n) is 2.11. The van der Waals surface area contributed by atoms with Crippen LogP contribution in [0, 0.1) is 0 Å². The van der Waals surface area contributed by atoms with E-state index in [1.165, 1.54) is 22.2 Å². The standard InChI is InChI=1S/C14H18BrN3OS/c1-18(7-10-4-14(15)20-9-10)8-13-5-12(17-19-13)6-16-11-2-3-11/h4-5,9,11,16H,2-3,6-8H2,1H3. The lowest BCUT2D eigenvalue weighted by atomic mass is 10.3. The molecule has 6 heteroatoms. The van der Waals surface area contributed by atoms with Gasteiger partial charge >= 0.3 is 0 Å². The van der Waals surface area contributed by atoms with Crippen LogP contribution in [0.2, 0.25) is 0 Å².